The Hall–Kier alpha value is -2.54. The summed E-state index contributed by atoms with van der Waals surface area (Å²) in [6, 6.07) is 8.74. The second-order valence-corrected chi connectivity index (χ2v) is 5.42. The number of carbonyl (C=O) groups excluding carboxylic acids is 2. The Morgan fingerprint density at radius 2 is 2.05 bits per heavy atom. The number of esters is 1. The van der Waals surface area contributed by atoms with Gasteiger partial charge in [0.2, 0.25) is 6.10 Å². The summed E-state index contributed by atoms with van der Waals surface area (Å²) in [5.74, 6) is 0.260. The summed E-state index contributed by atoms with van der Waals surface area (Å²) in [6.07, 6.45) is -0.775. The smallest absolute Gasteiger partial charge is 0.340 e. The van der Waals surface area contributed by atoms with E-state index in [0.29, 0.717) is 22.1 Å². The monoisotopic (exact) mass is 319 g/mol. The molecule has 1 atom stereocenters. The topological polar surface area (TPSA) is 73.9 Å². The van der Waals surface area contributed by atoms with E-state index in [-0.39, 0.29) is 12.5 Å². The van der Waals surface area contributed by atoms with E-state index < -0.39 is 12.1 Å². The third-order valence-electron chi connectivity index (χ3n) is 3.11. The van der Waals surface area contributed by atoms with Gasteiger partial charge in [-0.2, -0.15) is 0 Å². The van der Waals surface area contributed by atoms with Gasteiger partial charge in [-0.25, -0.2) is 4.79 Å². The number of thiophene rings is 1. The van der Waals surface area contributed by atoms with Crippen molar-refractivity contribution in [2.24, 2.45) is 0 Å². The predicted molar refractivity (Wildman–Crippen MR) is 80.6 cm³/mol. The highest BCUT2D eigenvalue weighted by Crippen LogP contribution is 2.31. The van der Waals surface area contributed by atoms with E-state index in [1.807, 2.05) is 6.07 Å². The normalized spacial score (nSPS) is 16.0. The molecular weight excluding hydrogens is 306 g/mol. The molecule has 2 aromatic rings. The fourth-order valence-electron chi connectivity index (χ4n) is 2.02. The molecule has 0 radical (unpaired) electrons. The Morgan fingerprint density at radius 3 is 2.82 bits per heavy atom. The highest BCUT2D eigenvalue weighted by Gasteiger charge is 2.28. The van der Waals surface area contributed by atoms with Crippen molar-refractivity contribution >= 4 is 28.2 Å². The van der Waals surface area contributed by atoms with Gasteiger partial charge in [0.25, 0.3) is 5.91 Å². The van der Waals surface area contributed by atoms with Crippen molar-refractivity contribution in [1.29, 1.82) is 0 Å². The first-order valence-electron chi connectivity index (χ1n) is 6.54. The molecule has 1 aliphatic heterocycles. The summed E-state index contributed by atoms with van der Waals surface area (Å²) in [7, 11) is 1.29. The van der Waals surface area contributed by atoms with E-state index in [1.54, 1.807) is 29.6 Å². The molecule has 0 fully saturated rings. The lowest BCUT2D eigenvalue weighted by atomic mass is 10.2. The summed E-state index contributed by atoms with van der Waals surface area (Å²) in [5, 5.41) is 4.81. The number of rotatable bonds is 3. The third-order valence-corrected chi connectivity index (χ3v) is 3.94. The van der Waals surface area contributed by atoms with Crippen LogP contribution in [-0.4, -0.2) is 31.7 Å². The third kappa shape index (κ3) is 2.75. The van der Waals surface area contributed by atoms with Gasteiger partial charge in [-0.15, -0.1) is 11.3 Å². The zero-order valence-corrected chi connectivity index (χ0v) is 12.5. The number of anilines is 1. The molecule has 1 amide bonds. The minimum atomic E-state index is -0.775. The molecule has 0 bridgehead atoms. The van der Waals surface area contributed by atoms with Crippen LogP contribution in [0.1, 0.15) is 10.4 Å². The van der Waals surface area contributed by atoms with Gasteiger partial charge in [0.05, 0.1) is 12.7 Å². The number of methoxy groups -OCH3 is 1. The number of amides is 1. The molecule has 0 saturated heterocycles. The molecule has 1 N–H and O–H groups in total. The minimum absolute atomic E-state index is 0.113. The molecule has 22 heavy (non-hydrogen) atoms. The van der Waals surface area contributed by atoms with Crippen LogP contribution >= 0.6 is 11.3 Å². The molecule has 0 unspecified atom stereocenters. The maximum Gasteiger partial charge on any atom is 0.340 e. The number of fused-ring (bicyclic) bond motifs is 1. The van der Waals surface area contributed by atoms with Crippen LogP contribution in [-0.2, 0) is 9.53 Å². The van der Waals surface area contributed by atoms with Crippen molar-refractivity contribution in [2.45, 2.75) is 6.10 Å². The van der Waals surface area contributed by atoms with Gasteiger partial charge < -0.3 is 19.5 Å². The lowest BCUT2D eigenvalue weighted by Crippen LogP contribution is -2.40. The number of hydrogen-bond acceptors (Lipinski definition) is 6. The van der Waals surface area contributed by atoms with Crippen LogP contribution in [0.2, 0.25) is 0 Å². The first-order chi connectivity index (χ1) is 10.7. The molecular formula is C15H13NO5S. The summed E-state index contributed by atoms with van der Waals surface area (Å²) >= 11 is 1.24. The number of para-hydroxylation sites is 2. The summed E-state index contributed by atoms with van der Waals surface area (Å²) < 4.78 is 15.8. The fraction of sp³-hybridized carbons (Fsp3) is 0.200. The highest BCUT2D eigenvalue weighted by atomic mass is 32.1. The summed E-state index contributed by atoms with van der Waals surface area (Å²) in [4.78, 5) is 23.9. The van der Waals surface area contributed by atoms with Crippen molar-refractivity contribution in [1.82, 2.24) is 0 Å². The van der Waals surface area contributed by atoms with E-state index in [0.717, 1.165) is 0 Å². The van der Waals surface area contributed by atoms with E-state index in [4.69, 9.17) is 9.47 Å². The summed E-state index contributed by atoms with van der Waals surface area (Å²) in [5.41, 5.74) is 0.318. The Kier molecular flexibility index (Phi) is 3.97. The predicted octanol–water partition coefficient (Wildman–Crippen LogP) is 2.31. The fourth-order valence-corrected chi connectivity index (χ4v) is 2.80. The van der Waals surface area contributed by atoms with Gasteiger partial charge in [-0.05, 0) is 23.6 Å². The van der Waals surface area contributed by atoms with Crippen molar-refractivity contribution < 1.29 is 23.8 Å². The van der Waals surface area contributed by atoms with Crippen molar-refractivity contribution in [3.8, 4) is 11.5 Å². The molecule has 0 saturated carbocycles. The quantitative estimate of drug-likeness (QED) is 0.879. The van der Waals surface area contributed by atoms with Crippen LogP contribution in [0.15, 0.2) is 35.7 Å². The van der Waals surface area contributed by atoms with Gasteiger partial charge in [-0.1, -0.05) is 12.1 Å². The van der Waals surface area contributed by atoms with Gasteiger partial charge in [0, 0.05) is 0 Å². The highest BCUT2D eigenvalue weighted by molar-refractivity contribution is 7.14. The first-order valence-corrected chi connectivity index (χ1v) is 7.42. The summed E-state index contributed by atoms with van der Waals surface area (Å²) in [6.45, 7) is 0.113. The lowest BCUT2D eigenvalue weighted by Gasteiger charge is -2.25. The second kappa shape index (κ2) is 6.07. The standard InChI is InChI=1S/C15H13NO5S/c1-19-15(18)9-6-7-22-14(9)16-13(17)12-8-20-10-4-2-3-5-11(10)21-12/h2-7,12H,8H2,1H3,(H,16,17)/t12-/m0/s1. The molecule has 1 aromatic heterocycles. The molecule has 1 aliphatic rings. The minimum Gasteiger partial charge on any atom is -0.485 e. The Morgan fingerprint density at radius 1 is 1.27 bits per heavy atom. The van der Waals surface area contributed by atoms with E-state index in [1.165, 1.54) is 18.4 Å². The molecule has 0 spiro atoms. The number of benzene rings is 1. The van der Waals surface area contributed by atoms with Gasteiger partial charge in [0.1, 0.15) is 11.6 Å². The number of carbonyl (C=O) groups is 2. The number of ether oxygens (including phenoxy) is 3. The van der Waals surface area contributed by atoms with Crippen LogP contribution in [0.25, 0.3) is 0 Å². The van der Waals surface area contributed by atoms with Crippen LogP contribution < -0.4 is 14.8 Å². The molecule has 6 nitrogen and oxygen atoms in total. The molecule has 114 valence electrons. The second-order valence-electron chi connectivity index (χ2n) is 4.51. The van der Waals surface area contributed by atoms with Crippen LogP contribution in [0.3, 0.4) is 0 Å². The average Bonchev–Trinajstić information content (AvgIpc) is 3.01. The van der Waals surface area contributed by atoms with Gasteiger partial charge >= 0.3 is 5.97 Å². The molecule has 2 heterocycles. The maximum atomic E-state index is 12.3. The molecule has 1 aromatic carbocycles. The molecule has 0 aliphatic carbocycles. The zero-order valence-electron chi connectivity index (χ0n) is 11.7. The SMILES string of the molecule is COC(=O)c1ccsc1NC(=O)[C@@H]1COc2ccccc2O1. The number of hydrogen-bond donors (Lipinski definition) is 1. The Labute approximate surface area is 130 Å². The van der Waals surface area contributed by atoms with Crippen LogP contribution in [0, 0.1) is 0 Å². The molecule has 7 heteroatoms. The Bertz CT molecular complexity index is 711. The first kappa shape index (κ1) is 14.4. The number of nitrogens with one attached hydrogen (secondary N) is 1. The zero-order chi connectivity index (χ0) is 15.5. The van der Waals surface area contributed by atoms with E-state index >= 15 is 0 Å². The average molecular weight is 319 g/mol. The van der Waals surface area contributed by atoms with Crippen molar-refractivity contribution in [3.05, 3.63) is 41.3 Å². The van der Waals surface area contributed by atoms with Gasteiger partial charge in [0.15, 0.2) is 11.5 Å². The van der Waals surface area contributed by atoms with Crippen LogP contribution in [0.4, 0.5) is 5.00 Å². The maximum absolute atomic E-state index is 12.3. The largest absolute Gasteiger partial charge is 0.485 e. The van der Waals surface area contributed by atoms with E-state index in [2.05, 4.69) is 10.1 Å². The van der Waals surface area contributed by atoms with Crippen molar-refractivity contribution in [2.75, 3.05) is 19.0 Å². The molecule has 3 rings (SSSR count). The Balaban J connectivity index is 1.71. The van der Waals surface area contributed by atoms with E-state index in [9.17, 15) is 9.59 Å². The van der Waals surface area contributed by atoms with Crippen LogP contribution in [0.5, 0.6) is 11.5 Å². The van der Waals surface area contributed by atoms with Gasteiger partial charge in [-0.3, -0.25) is 4.79 Å². The lowest BCUT2D eigenvalue weighted by molar-refractivity contribution is -0.125. The van der Waals surface area contributed by atoms with Crippen molar-refractivity contribution in [3.63, 3.8) is 0 Å².